The van der Waals surface area contributed by atoms with Crippen molar-refractivity contribution in [2.24, 2.45) is 51.2 Å². The molecule has 0 amide bonds. The summed E-state index contributed by atoms with van der Waals surface area (Å²) in [6.45, 7) is 13.2. The predicted octanol–water partition coefficient (Wildman–Crippen LogP) is 8.44. The number of hydrogen-bond donors (Lipinski definition) is 1. The third-order valence-corrected chi connectivity index (χ3v) is 16.2. The van der Waals surface area contributed by atoms with Crippen LogP contribution in [0.15, 0.2) is 24.3 Å². The molecule has 8 atom stereocenters. The molecule has 0 radical (unpaired) electrons. The quantitative estimate of drug-likeness (QED) is 0.358. The van der Waals surface area contributed by atoms with Crippen LogP contribution in [0.4, 0.5) is 4.39 Å². The Morgan fingerprint density at radius 3 is 2.45 bits per heavy atom. The Bertz CT molecular complexity index is 1360. The molecule has 4 saturated carbocycles. The van der Waals surface area contributed by atoms with Crippen molar-refractivity contribution in [1.29, 1.82) is 0 Å². The van der Waals surface area contributed by atoms with Gasteiger partial charge in [-0.15, -0.1) is 0 Å². The Morgan fingerprint density at radius 1 is 0.955 bits per heavy atom. The Kier molecular flexibility index (Phi) is 7.79. The van der Waals surface area contributed by atoms with E-state index >= 15 is 4.39 Å². The van der Waals surface area contributed by atoms with Crippen molar-refractivity contribution in [3.8, 4) is 0 Å². The van der Waals surface area contributed by atoms with E-state index in [9.17, 15) is 14.1 Å². The number of allylic oxidation sites excluding steroid dienone is 2. The fourth-order valence-electron chi connectivity index (χ4n) is 13.0. The number of carboxylic acids is 1. The van der Waals surface area contributed by atoms with Gasteiger partial charge in [-0.05, 0) is 140 Å². The first-order chi connectivity index (χ1) is 20.9. The van der Waals surface area contributed by atoms with E-state index in [1.54, 1.807) is 12.1 Å². The van der Waals surface area contributed by atoms with Crippen LogP contribution >= 0.6 is 0 Å². The SMILES string of the molecule is CC1(C)C(c2ccc(C(=O)O)cc2F)=CC[C@@]2(C)C1CC[C@@]1(C)C3CCC4(CCN5CCS(=O)CC5)CCCC4[C@H]3CCC12. The zero-order valence-corrected chi connectivity index (χ0v) is 28.3. The highest BCUT2D eigenvalue weighted by Crippen LogP contribution is 2.73. The molecule has 5 fully saturated rings. The molecule has 0 aromatic heterocycles. The fraction of sp³-hybridized carbons (Fsp3) is 0.763. The lowest BCUT2D eigenvalue weighted by molar-refractivity contribution is -0.179. The van der Waals surface area contributed by atoms with Crippen molar-refractivity contribution in [1.82, 2.24) is 4.90 Å². The van der Waals surface area contributed by atoms with Gasteiger partial charge in [-0.2, -0.15) is 0 Å². The van der Waals surface area contributed by atoms with E-state index in [-0.39, 0.29) is 16.4 Å². The number of rotatable bonds is 5. The normalized spacial score (nSPS) is 42.0. The molecule has 0 spiro atoms. The second-order valence-corrected chi connectivity index (χ2v) is 18.6. The van der Waals surface area contributed by atoms with Crippen molar-refractivity contribution >= 4 is 22.3 Å². The van der Waals surface area contributed by atoms with Gasteiger partial charge in [0.15, 0.2) is 0 Å². The van der Waals surface area contributed by atoms with E-state index in [0.29, 0.717) is 28.2 Å². The Morgan fingerprint density at radius 2 is 1.73 bits per heavy atom. The van der Waals surface area contributed by atoms with Gasteiger partial charge in [0.1, 0.15) is 5.82 Å². The molecule has 242 valence electrons. The average molecular weight is 624 g/mol. The lowest BCUT2D eigenvalue weighted by Gasteiger charge is -2.68. The molecule has 1 aromatic rings. The first kappa shape index (κ1) is 31.1. The van der Waals surface area contributed by atoms with E-state index in [4.69, 9.17) is 0 Å². The molecule has 1 saturated heterocycles. The molecule has 44 heavy (non-hydrogen) atoms. The number of nitrogens with zero attached hydrogens (tertiary/aromatic N) is 1. The van der Waals surface area contributed by atoms with Crippen LogP contribution in [0.5, 0.6) is 0 Å². The number of carboxylic acid groups (broad SMARTS) is 1. The van der Waals surface area contributed by atoms with Crippen LogP contribution in [0.1, 0.15) is 114 Å². The lowest BCUT2D eigenvalue weighted by atomic mass is 9.36. The topological polar surface area (TPSA) is 57.6 Å². The Labute approximate surface area is 267 Å². The lowest BCUT2D eigenvalue weighted by Crippen LogP contribution is -2.61. The molecule has 1 aromatic carbocycles. The highest BCUT2D eigenvalue weighted by Gasteiger charge is 2.65. The highest BCUT2D eigenvalue weighted by molar-refractivity contribution is 7.85. The maximum absolute atomic E-state index is 15.4. The largest absolute Gasteiger partial charge is 0.478 e. The van der Waals surface area contributed by atoms with Crippen LogP contribution < -0.4 is 0 Å². The summed E-state index contributed by atoms with van der Waals surface area (Å²) in [7, 11) is -0.599. The summed E-state index contributed by atoms with van der Waals surface area (Å²) in [5, 5.41) is 9.38. The predicted molar refractivity (Wildman–Crippen MR) is 176 cm³/mol. The summed E-state index contributed by atoms with van der Waals surface area (Å²) in [5.41, 5.74) is 2.59. The van der Waals surface area contributed by atoms with E-state index in [2.05, 4.69) is 38.7 Å². The van der Waals surface area contributed by atoms with Gasteiger partial charge in [0.05, 0.1) is 5.56 Å². The Hall–Kier alpha value is -1.53. The standard InChI is InChI=1S/C38H54FNO3S/c1-35(2)28(27-8-7-25(34(41)42)24-31(27)39)11-15-37(4)32(35)13-16-36(3)29-12-17-38(18-19-40-20-22-44(43)23-21-40)14-5-6-30(38)26(29)9-10-33(36)37/h7-8,11,24,26,29-30,32-33H,5-6,9-10,12-23H2,1-4H3,(H,41,42)/t26-,29?,30?,32?,33?,36-,37-,38?/m0/s1. The molecule has 6 heteroatoms. The van der Waals surface area contributed by atoms with Gasteiger partial charge >= 0.3 is 5.97 Å². The van der Waals surface area contributed by atoms with Gasteiger partial charge in [0.25, 0.3) is 0 Å². The summed E-state index contributed by atoms with van der Waals surface area (Å²) < 4.78 is 27.3. The van der Waals surface area contributed by atoms with Crippen LogP contribution in [-0.4, -0.2) is 51.3 Å². The van der Waals surface area contributed by atoms with Gasteiger partial charge in [0, 0.05) is 41.0 Å². The third-order valence-electron chi connectivity index (χ3n) is 15.0. The minimum atomic E-state index is -1.08. The van der Waals surface area contributed by atoms with Gasteiger partial charge in [0.2, 0.25) is 0 Å². The molecule has 1 N–H and O–H groups in total. The first-order valence-corrected chi connectivity index (χ1v) is 19.2. The minimum absolute atomic E-state index is 0.0124. The molecule has 5 unspecified atom stereocenters. The van der Waals surface area contributed by atoms with Gasteiger partial charge in [-0.1, -0.05) is 46.3 Å². The number of fused-ring (bicyclic) bond motifs is 7. The van der Waals surface area contributed by atoms with Crippen LogP contribution in [-0.2, 0) is 10.8 Å². The molecular weight excluding hydrogens is 569 g/mol. The second-order valence-electron chi connectivity index (χ2n) is 16.9. The average Bonchev–Trinajstić information content (AvgIpc) is 3.41. The number of aromatic carboxylic acids is 1. The van der Waals surface area contributed by atoms with Gasteiger partial charge < -0.3 is 10.0 Å². The van der Waals surface area contributed by atoms with Gasteiger partial charge in [-0.3, -0.25) is 4.21 Å². The molecule has 7 rings (SSSR count). The second kappa shape index (κ2) is 11.0. The smallest absolute Gasteiger partial charge is 0.335 e. The van der Waals surface area contributed by atoms with Crippen molar-refractivity contribution in [3.63, 3.8) is 0 Å². The minimum Gasteiger partial charge on any atom is -0.478 e. The summed E-state index contributed by atoms with van der Waals surface area (Å²) >= 11 is 0. The number of halogens is 1. The maximum atomic E-state index is 15.4. The molecule has 0 bridgehead atoms. The van der Waals surface area contributed by atoms with Crippen molar-refractivity contribution in [2.75, 3.05) is 31.1 Å². The van der Waals surface area contributed by atoms with E-state index in [1.165, 1.54) is 76.8 Å². The van der Waals surface area contributed by atoms with Crippen molar-refractivity contribution < 1.29 is 18.5 Å². The van der Waals surface area contributed by atoms with Crippen LogP contribution in [0.2, 0.25) is 0 Å². The van der Waals surface area contributed by atoms with Gasteiger partial charge in [-0.25, -0.2) is 9.18 Å². The zero-order chi connectivity index (χ0) is 31.1. The zero-order valence-electron chi connectivity index (χ0n) is 27.5. The van der Waals surface area contributed by atoms with Crippen LogP contribution in [0.25, 0.3) is 5.57 Å². The van der Waals surface area contributed by atoms with Crippen molar-refractivity contribution in [2.45, 2.75) is 98.3 Å². The summed E-state index contributed by atoms with van der Waals surface area (Å²) in [5.74, 6) is 3.97. The fourth-order valence-corrected chi connectivity index (χ4v) is 14.1. The molecule has 6 aliphatic rings. The number of carbonyl (C=O) groups is 1. The molecular formula is C38H54FNO3S. The van der Waals surface area contributed by atoms with E-state index in [1.807, 2.05) is 0 Å². The number of hydrogen-bond acceptors (Lipinski definition) is 3. The maximum Gasteiger partial charge on any atom is 0.335 e. The highest BCUT2D eigenvalue weighted by atomic mass is 32.2. The third kappa shape index (κ3) is 4.73. The molecule has 4 nitrogen and oxygen atoms in total. The number of benzene rings is 1. The Balaban J connectivity index is 1.12. The molecule has 1 heterocycles. The summed E-state index contributed by atoms with van der Waals surface area (Å²) in [4.78, 5) is 14.1. The monoisotopic (exact) mass is 623 g/mol. The first-order valence-electron chi connectivity index (χ1n) is 17.7. The summed E-state index contributed by atoms with van der Waals surface area (Å²) in [6, 6.07) is 4.46. The summed E-state index contributed by atoms with van der Waals surface area (Å²) in [6.07, 6.45) is 16.9. The van der Waals surface area contributed by atoms with Crippen LogP contribution in [0, 0.1) is 57.1 Å². The van der Waals surface area contributed by atoms with E-state index < -0.39 is 22.6 Å². The molecule has 1 aliphatic heterocycles. The molecule has 5 aliphatic carbocycles. The van der Waals surface area contributed by atoms with Crippen LogP contribution in [0.3, 0.4) is 0 Å². The van der Waals surface area contributed by atoms with Crippen molar-refractivity contribution in [3.05, 3.63) is 41.2 Å². The van der Waals surface area contributed by atoms with E-state index in [0.717, 1.165) is 54.3 Å².